The number of nitrogens with zero attached hydrogens (tertiary/aromatic N) is 1. The molecule has 5 atom stereocenters. The van der Waals surface area contributed by atoms with E-state index in [9.17, 15) is 32.4 Å². The van der Waals surface area contributed by atoms with E-state index in [-0.39, 0.29) is 26.0 Å². The Bertz CT molecular complexity index is 1720. The van der Waals surface area contributed by atoms with E-state index < -0.39 is 80.2 Å². The van der Waals surface area contributed by atoms with Crippen LogP contribution in [0.5, 0.6) is 5.75 Å². The van der Waals surface area contributed by atoms with Gasteiger partial charge in [-0.2, -0.15) is 0 Å². The van der Waals surface area contributed by atoms with Crippen LogP contribution < -0.4 is 25.4 Å². The van der Waals surface area contributed by atoms with Crippen LogP contribution in [0.4, 0.5) is 15.3 Å². The third-order valence-corrected chi connectivity index (χ3v) is 11.6. The molecular formula is C36H49N5O10S. The molecule has 15 nitrogen and oxygen atoms in total. The fourth-order valence-corrected chi connectivity index (χ4v) is 7.90. The van der Waals surface area contributed by atoms with Gasteiger partial charge in [0.2, 0.25) is 21.8 Å². The quantitative estimate of drug-likeness (QED) is 0.301. The Morgan fingerprint density at radius 3 is 2.52 bits per heavy atom. The highest BCUT2D eigenvalue weighted by atomic mass is 32.2. The van der Waals surface area contributed by atoms with Crippen LogP contribution in [0.2, 0.25) is 0 Å². The lowest BCUT2D eigenvalue weighted by Gasteiger charge is -2.35. The number of nitrogens with one attached hydrogen (secondary N) is 4. The monoisotopic (exact) mass is 743 g/mol. The molecule has 4 aliphatic rings. The minimum atomic E-state index is -3.92. The van der Waals surface area contributed by atoms with E-state index in [4.69, 9.17) is 14.2 Å². The third kappa shape index (κ3) is 9.06. The molecule has 1 aromatic carbocycles. The maximum atomic E-state index is 14.3. The maximum absolute atomic E-state index is 14.3. The van der Waals surface area contributed by atoms with Crippen molar-refractivity contribution in [1.82, 2.24) is 20.3 Å². The summed E-state index contributed by atoms with van der Waals surface area (Å²) in [5.74, 6) is -2.18. The number of carbonyl (C=O) groups excluding carboxylic acids is 5. The molecule has 2 aliphatic carbocycles. The molecular weight excluding hydrogens is 694 g/mol. The van der Waals surface area contributed by atoms with Gasteiger partial charge < -0.3 is 29.7 Å². The van der Waals surface area contributed by atoms with Gasteiger partial charge in [-0.3, -0.25) is 24.4 Å². The van der Waals surface area contributed by atoms with Crippen LogP contribution in [0.3, 0.4) is 0 Å². The molecule has 2 aliphatic heterocycles. The molecule has 1 saturated heterocycles. The average Bonchev–Trinajstić information content (AvgIpc) is 4.00. The molecule has 4 bridgehead atoms. The average molecular weight is 744 g/mol. The molecule has 4 N–H and O–H groups in total. The number of hydrogen-bond donors (Lipinski definition) is 4. The van der Waals surface area contributed by atoms with E-state index in [0.717, 1.165) is 18.4 Å². The number of benzene rings is 1. The van der Waals surface area contributed by atoms with Crippen molar-refractivity contribution in [2.24, 2.45) is 11.3 Å². The van der Waals surface area contributed by atoms with Crippen LogP contribution in [0.15, 0.2) is 43.0 Å². The highest BCUT2D eigenvalue weighted by molar-refractivity contribution is 7.91. The first-order chi connectivity index (χ1) is 24.6. The third-order valence-electron chi connectivity index (χ3n) is 9.78. The highest BCUT2D eigenvalue weighted by Gasteiger charge is 2.62. The number of amides is 5. The summed E-state index contributed by atoms with van der Waals surface area (Å²) in [4.78, 5) is 69.1. The molecule has 0 radical (unpaired) electrons. The molecule has 5 amide bonds. The second kappa shape index (κ2) is 15.6. The van der Waals surface area contributed by atoms with Gasteiger partial charge in [0.15, 0.2) is 0 Å². The molecule has 0 unspecified atom stereocenters. The maximum Gasteiger partial charge on any atom is 0.411 e. The second-order valence-corrected chi connectivity index (χ2v) is 16.8. The summed E-state index contributed by atoms with van der Waals surface area (Å²) in [6, 6.07) is 2.77. The summed E-state index contributed by atoms with van der Waals surface area (Å²) in [7, 11) is -2.36. The minimum absolute atomic E-state index is 0.106. The van der Waals surface area contributed by atoms with Crippen molar-refractivity contribution in [3.63, 3.8) is 0 Å². The molecule has 5 rings (SSSR count). The number of hydrogen-bond acceptors (Lipinski definition) is 10. The zero-order valence-corrected chi connectivity index (χ0v) is 30.9. The topological polar surface area (TPSA) is 199 Å². The van der Waals surface area contributed by atoms with Crippen molar-refractivity contribution in [3.05, 3.63) is 48.6 Å². The largest absolute Gasteiger partial charge is 0.496 e. The number of cyclic esters (lactones) is 1. The van der Waals surface area contributed by atoms with Crippen molar-refractivity contribution >= 4 is 45.6 Å². The number of ether oxygens (including phenoxy) is 3. The summed E-state index contributed by atoms with van der Waals surface area (Å²) in [5.41, 5.74) is -1.17. The van der Waals surface area contributed by atoms with Gasteiger partial charge in [0.1, 0.15) is 29.5 Å². The number of carbonyl (C=O) groups is 5. The van der Waals surface area contributed by atoms with E-state index in [1.807, 2.05) is 12.2 Å². The Kier molecular flexibility index (Phi) is 11.6. The predicted octanol–water partition coefficient (Wildman–Crippen LogP) is 3.31. The highest BCUT2D eigenvalue weighted by Crippen LogP contribution is 2.45. The van der Waals surface area contributed by atoms with Crippen LogP contribution in [0.25, 0.3) is 0 Å². The lowest BCUT2D eigenvalue weighted by molar-refractivity contribution is -0.142. The summed E-state index contributed by atoms with van der Waals surface area (Å²) < 4.78 is 44.0. The van der Waals surface area contributed by atoms with E-state index in [0.29, 0.717) is 37.1 Å². The zero-order chi connectivity index (χ0) is 37.8. The number of alkyl carbamates (subject to hydrolysis) is 1. The molecule has 1 aromatic rings. The summed E-state index contributed by atoms with van der Waals surface area (Å²) in [6.45, 7) is 8.90. The van der Waals surface area contributed by atoms with Gasteiger partial charge in [0, 0.05) is 18.0 Å². The van der Waals surface area contributed by atoms with Gasteiger partial charge >= 0.3 is 12.2 Å². The molecule has 0 aromatic heterocycles. The first-order valence-corrected chi connectivity index (χ1v) is 19.2. The summed E-state index contributed by atoms with van der Waals surface area (Å²) in [5, 5.41) is 7.43. The van der Waals surface area contributed by atoms with Crippen molar-refractivity contribution in [1.29, 1.82) is 0 Å². The number of sulfonamides is 1. The van der Waals surface area contributed by atoms with Gasteiger partial charge in [0.25, 0.3) is 5.91 Å². The van der Waals surface area contributed by atoms with E-state index in [1.54, 1.807) is 46.1 Å². The van der Waals surface area contributed by atoms with Crippen LogP contribution >= 0.6 is 0 Å². The molecule has 2 saturated carbocycles. The van der Waals surface area contributed by atoms with Crippen LogP contribution in [0.1, 0.15) is 71.3 Å². The van der Waals surface area contributed by atoms with Gasteiger partial charge in [-0.15, -0.1) is 6.58 Å². The van der Waals surface area contributed by atoms with Gasteiger partial charge in [-0.1, -0.05) is 39.0 Å². The van der Waals surface area contributed by atoms with Gasteiger partial charge in [-0.25, -0.2) is 18.0 Å². The number of fused-ring (bicyclic) bond motifs is 4. The molecule has 0 spiro atoms. The Labute approximate surface area is 304 Å². The van der Waals surface area contributed by atoms with Crippen LogP contribution in [0, 0.1) is 11.3 Å². The molecule has 2 heterocycles. The molecule has 52 heavy (non-hydrogen) atoms. The lowest BCUT2D eigenvalue weighted by Crippen LogP contribution is -2.60. The minimum Gasteiger partial charge on any atom is -0.496 e. The molecule has 284 valence electrons. The Balaban J connectivity index is 1.42. The Morgan fingerprint density at radius 2 is 1.87 bits per heavy atom. The number of methoxy groups -OCH3 is 1. The van der Waals surface area contributed by atoms with Crippen molar-refractivity contribution < 1.29 is 46.6 Å². The smallest absolute Gasteiger partial charge is 0.411 e. The fraction of sp³-hybridized carbons (Fsp3) is 0.583. The van der Waals surface area contributed by atoms with Crippen LogP contribution in [-0.2, 0) is 40.3 Å². The second-order valence-electron chi connectivity index (χ2n) is 14.9. The van der Waals surface area contributed by atoms with Crippen molar-refractivity contribution in [2.75, 3.05) is 25.6 Å². The number of rotatable bonds is 7. The van der Waals surface area contributed by atoms with Gasteiger partial charge in [-0.05, 0) is 74.1 Å². The summed E-state index contributed by atoms with van der Waals surface area (Å²) >= 11 is 0. The van der Waals surface area contributed by atoms with E-state index in [2.05, 4.69) is 27.3 Å². The Hall–Kier alpha value is -4.60. The lowest BCUT2D eigenvalue weighted by atomic mass is 9.85. The van der Waals surface area contributed by atoms with Crippen LogP contribution in [-0.4, -0.2) is 92.5 Å². The van der Waals surface area contributed by atoms with Gasteiger partial charge in [0.05, 0.1) is 25.5 Å². The number of allylic oxidation sites excluding steroid dienone is 2. The summed E-state index contributed by atoms with van der Waals surface area (Å²) in [6.07, 6.45) is 6.37. The Morgan fingerprint density at radius 1 is 1.12 bits per heavy atom. The zero-order valence-electron chi connectivity index (χ0n) is 30.1. The first-order valence-electron chi connectivity index (χ1n) is 17.6. The van der Waals surface area contributed by atoms with E-state index in [1.165, 1.54) is 11.0 Å². The molecule has 3 fully saturated rings. The van der Waals surface area contributed by atoms with Crippen molar-refractivity contribution in [3.8, 4) is 5.75 Å². The number of anilines is 1. The van der Waals surface area contributed by atoms with Crippen molar-refractivity contribution in [2.45, 2.75) is 101 Å². The predicted molar refractivity (Wildman–Crippen MR) is 191 cm³/mol. The fourth-order valence-electron chi connectivity index (χ4n) is 6.54. The SMILES string of the molecule is C=C[C@H]1C[C@]1(NC(=O)[C@@H]1C[C@@H]2CN1C(=O)[C@H](C(C)(C)C)NC(=O)OCCCC/C=C\Cc1cc(ccc1OC)NC(=O)O2)C(=O)NS(=O)(=O)C1CC1. The normalized spacial score (nSPS) is 28.1. The standard InChI is InChI=1S/C36H49N5O10S/c1-6-23-20-36(23,32(44)40-52(47,48)26-14-15-26)39-30(42)27-19-25-21-41(27)31(43)29(35(2,3)4)38-33(45)50-17-11-9-7-8-10-12-22-18-24(37-34(46)51-25)13-16-28(22)49-5/h6,8,10,13,16,18,23,25-27,29H,1,7,9,11-12,14-15,17,19-21H2,2-5H3,(H,37,46)(H,38,45)(H,39,42)(H,40,44)/b10-8-/t23-,25+,27-,29+,36+/m0/s1. The van der Waals surface area contributed by atoms with E-state index >= 15 is 0 Å². The first kappa shape index (κ1) is 38.6. The molecule has 16 heteroatoms.